The van der Waals surface area contributed by atoms with Crippen LogP contribution in [0.5, 0.6) is 0 Å². The first-order valence-electron chi connectivity index (χ1n) is 8.71. The van der Waals surface area contributed by atoms with Crippen molar-refractivity contribution in [3.63, 3.8) is 0 Å². The minimum absolute atomic E-state index is 0.0571. The third-order valence-corrected chi connectivity index (χ3v) is 4.84. The van der Waals surface area contributed by atoms with Crippen LogP contribution < -0.4 is 5.32 Å². The van der Waals surface area contributed by atoms with E-state index >= 15 is 0 Å². The molecule has 0 saturated heterocycles. The van der Waals surface area contributed by atoms with Crippen molar-refractivity contribution in [3.8, 4) is 0 Å². The highest BCUT2D eigenvalue weighted by molar-refractivity contribution is 7.98. The fourth-order valence-electron chi connectivity index (χ4n) is 2.65. The largest absolute Gasteiger partial charge is 0.431 e. The molecule has 7 nitrogen and oxygen atoms in total. The molecule has 30 heavy (non-hydrogen) atoms. The van der Waals surface area contributed by atoms with Crippen LogP contribution in [-0.2, 0) is 23.3 Å². The Morgan fingerprint density at radius 1 is 1.17 bits per heavy atom. The topological polar surface area (TPSA) is 85.8 Å². The van der Waals surface area contributed by atoms with Crippen LogP contribution in [-0.4, -0.2) is 25.9 Å². The van der Waals surface area contributed by atoms with Gasteiger partial charge in [-0.15, -0.1) is 5.10 Å². The molecule has 1 amide bonds. The Labute approximate surface area is 172 Å². The number of nitrogens with one attached hydrogen (secondary N) is 1. The number of alkyl halides is 3. The molecule has 0 aliphatic carbocycles. The SMILES string of the molecule is O=C(Cn1cc(CSc2nc3ccccc3o2)nn1)Nc1cccc(C(F)(F)F)c1. The third kappa shape index (κ3) is 4.79. The van der Waals surface area contributed by atoms with Crippen LogP contribution in [0, 0.1) is 0 Å². The van der Waals surface area contributed by atoms with E-state index in [0.717, 1.165) is 17.6 Å². The number of thioether (sulfide) groups is 1. The molecule has 2 heterocycles. The summed E-state index contributed by atoms with van der Waals surface area (Å²) in [5.74, 6) is -0.0837. The van der Waals surface area contributed by atoms with Gasteiger partial charge in [0.05, 0.1) is 11.3 Å². The standard InChI is InChI=1S/C19H14F3N5O2S/c20-19(21,22)12-4-3-5-13(8-12)23-17(28)10-27-9-14(25-26-27)11-30-18-24-15-6-1-2-7-16(15)29-18/h1-9H,10-11H2,(H,23,28). The summed E-state index contributed by atoms with van der Waals surface area (Å²) in [5.41, 5.74) is 1.28. The highest BCUT2D eigenvalue weighted by atomic mass is 32.2. The molecule has 0 saturated carbocycles. The maximum absolute atomic E-state index is 12.8. The van der Waals surface area contributed by atoms with E-state index in [0.29, 0.717) is 22.3 Å². The summed E-state index contributed by atoms with van der Waals surface area (Å²) in [4.78, 5) is 16.5. The zero-order chi connectivity index (χ0) is 21.1. The number of para-hydroxylation sites is 2. The average molecular weight is 433 g/mol. The molecule has 0 fully saturated rings. The Morgan fingerprint density at radius 2 is 2.00 bits per heavy atom. The van der Waals surface area contributed by atoms with Crippen LogP contribution in [0.4, 0.5) is 18.9 Å². The highest BCUT2D eigenvalue weighted by Crippen LogP contribution is 2.30. The molecule has 0 atom stereocenters. The fourth-order valence-corrected chi connectivity index (χ4v) is 3.37. The number of rotatable bonds is 6. The Hall–Kier alpha value is -3.34. The second-order valence-electron chi connectivity index (χ2n) is 6.27. The smallest absolute Gasteiger partial charge is 0.416 e. The molecule has 0 aliphatic heterocycles. The normalized spacial score (nSPS) is 11.7. The molecule has 2 aromatic carbocycles. The zero-order valence-corrected chi connectivity index (χ0v) is 16.1. The molecular weight excluding hydrogens is 419 g/mol. The number of nitrogens with zero attached hydrogens (tertiary/aromatic N) is 4. The van der Waals surface area contributed by atoms with Crippen molar-refractivity contribution in [2.75, 3.05) is 5.32 Å². The number of oxazole rings is 1. The van der Waals surface area contributed by atoms with Gasteiger partial charge in [0.15, 0.2) is 5.58 Å². The molecule has 0 radical (unpaired) electrons. The van der Waals surface area contributed by atoms with E-state index in [9.17, 15) is 18.0 Å². The number of carbonyl (C=O) groups is 1. The van der Waals surface area contributed by atoms with Gasteiger partial charge in [-0.25, -0.2) is 9.67 Å². The molecule has 11 heteroatoms. The lowest BCUT2D eigenvalue weighted by molar-refractivity contribution is -0.137. The predicted molar refractivity (Wildman–Crippen MR) is 104 cm³/mol. The Morgan fingerprint density at radius 3 is 2.80 bits per heavy atom. The van der Waals surface area contributed by atoms with E-state index in [1.54, 1.807) is 6.20 Å². The van der Waals surface area contributed by atoms with Gasteiger partial charge < -0.3 is 9.73 Å². The lowest BCUT2D eigenvalue weighted by Gasteiger charge is -2.09. The zero-order valence-electron chi connectivity index (χ0n) is 15.3. The lowest BCUT2D eigenvalue weighted by Crippen LogP contribution is -2.19. The first kappa shape index (κ1) is 20.0. The monoisotopic (exact) mass is 433 g/mol. The van der Waals surface area contributed by atoms with Gasteiger partial charge >= 0.3 is 6.18 Å². The van der Waals surface area contributed by atoms with Crippen molar-refractivity contribution in [1.82, 2.24) is 20.0 Å². The molecule has 4 rings (SSSR count). The summed E-state index contributed by atoms with van der Waals surface area (Å²) < 4.78 is 45.2. The van der Waals surface area contributed by atoms with Gasteiger partial charge in [-0.05, 0) is 30.3 Å². The van der Waals surface area contributed by atoms with Crippen LogP contribution in [0.2, 0.25) is 0 Å². The summed E-state index contributed by atoms with van der Waals surface area (Å²) in [6.45, 7) is -0.184. The molecule has 1 N–H and O–H groups in total. The number of halogens is 3. The molecule has 0 bridgehead atoms. The van der Waals surface area contributed by atoms with Crippen molar-refractivity contribution in [2.24, 2.45) is 0 Å². The van der Waals surface area contributed by atoms with Gasteiger partial charge in [0.25, 0.3) is 5.22 Å². The van der Waals surface area contributed by atoms with Gasteiger partial charge in [0.2, 0.25) is 5.91 Å². The quantitative estimate of drug-likeness (QED) is 0.455. The van der Waals surface area contributed by atoms with Gasteiger partial charge in [0, 0.05) is 17.6 Å². The summed E-state index contributed by atoms with van der Waals surface area (Å²) in [6.07, 6.45) is -2.89. The molecule has 0 aliphatic rings. The second kappa shape index (κ2) is 8.19. The number of anilines is 1. The summed E-state index contributed by atoms with van der Waals surface area (Å²) in [6, 6.07) is 11.8. The molecule has 2 aromatic heterocycles. The summed E-state index contributed by atoms with van der Waals surface area (Å²) in [5, 5.41) is 10.8. The van der Waals surface area contributed by atoms with Gasteiger partial charge in [0.1, 0.15) is 12.1 Å². The molecular formula is C19H14F3N5O2S. The van der Waals surface area contributed by atoms with Crippen molar-refractivity contribution in [2.45, 2.75) is 23.7 Å². The first-order chi connectivity index (χ1) is 14.4. The number of benzene rings is 2. The maximum Gasteiger partial charge on any atom is 0.416 e. The van der Waals surface area contributed by atoms with E-state index in [-0.39, 0.29) is 12.2 Å². The number of hydrogen-bond acceptors (Lipinski definition) is 6. The molecule has 154 valence electrons. The highest BCUT2D eigenvalue weighted by Gasteiger charge is 2.30. The second-order valence-corrected chi connectivity index (χ2v) is 7.20. The van der Waals surface area contributed by atoms with Crippen molar-refractivity contribution in [1.29, 1.82) is 0 Å². The minimum Gasteiger partial charge on any atom is -0.431 e. The Balaban J connectivity index is 1.33. The summed E-state index contributed by atoms with van der Waals surface area (Å²) >= 11 is 1.34. The van der Waals surface area contributed by atoms with Crippen LogP contribution >= 0.6 is 11.8 Å². The van der Waals surface area contributed by atoms with E-state index in [2.05, 4.69) is 20.6 Å². The number of fused-ring (bicyclic) bond motifs is 1. The van der Waals surface area contributed by atoms with Crippen molar-refractivity contribution >= 4 is 34.5 Å². The minimum atomic E-state index is -4.48. The predicted octanol–water partition coefficient (Wildman–Crippen LogP) is 4.37. The number of amides is 1. The van der Waals surface area contributed by atoms with Crippen LogP contribution in [0.3, 0.4) is 0 Å². The van der Waals surface area contributed by atoms with E-state index in [1.165, 1.54) is 28.6 Å². The van der Waals surface area contributed by atoms with E-state index in [1.807, 2.05) is 24.3 Å². The first-order valence-corrected chi connectivity index (χ1v) is 9.70. The molecule has 0 unspecified atom stereocenters. The van der Waals surface area contributed by atoms with Crippen molar-refractivity contribution in [3.05, 3.63) is 66.0 Å². The summed E-state index contributed by atoms with van der Waals surface area (Å²) in [7, 11) is 0. The molecule has 4 aromatic rings. The third-order valence-electron chi connectivity index (χ3n) is 3.98. The number of carbonyl (C=O) groups excluding carboxylic acids is 1. The molecule has 0 spiro atoms. The van der Waals surface area contributed by atoms with Crippen LogP contribution in [0.25, 0.3) is 11.1 Å². The van der Waals surface area contributed by atoms with Gasteiger partial charge in [-0.3, -0.25) is 4.79 Å². The van der Waals surface area contributed by atoms with Gasteiger partial charge in [-0.1, -0.05) is 35.2 Å². The number of aromatic nitrogens is 4. The fraction of sp³-hybridized carbons (Fsp3) is 0.158. The average Bonchev–Trinajstić information content (AvgIpc) is 3.32. The van der Waals surface area contributed by atoms with Crippen molar-refractivity contribution < 1.29 is 22.4 Å². The van der Waals surface area contributed by atoms with Crippen LogP contribution in [0.1, 0.15) is 11.3 Å². The number of hydrogen-bond donors (Lipinski definition) is 1. The van der Waals surface area contributed by atoms with Crippen LogP contribution in [0.15, 0.2) is 64.4 Å². The Bertz CT molecular complexity index is 1160. The van der Waals surface area contributed by atoms with E-state index in [4.69, 9.17) is 4.42 Å². The Kier molecular flexibility index (Phi) is 5.44. The van der Waals surface area contributed by atoms with E-state index < -0.39 is 17.6 Å². The lowest BCUT2D eigenvalue weighted by atomic mass is 10.2. The maximum atomic E-state index is 12.8. The van der Waals surface area contributed by atoms with Gasteiger partial charge in [-0.2, -0.15) is 13.2 Å².